The number of ketones is 1. The summed E-state index contributed by atoms with van der Waals surface area (Å²) in [6.45, 7) is 0.454. The van der Waals surface area contributed by atoms with E-state index in [1.807, 2.05) is 0 Å². The lowest BCUT2D eigenvalue weighted by Crippen LogP contribution is -2.41. The van der Waals surface area contributed by atoms with Gasteiger partial charge in [-0.1, -0.05) is 6.07 Å². The van der Waals surface area contributed by atoms with Crippen LogP contribution in [-0.2, 0) is 9.59 Å². The number of carbonyl (C=O) groups is 2. The second-order valence-corrected chi connectivity index (χ2v) is 5.41. The van der Waals surface area contributed by atoms with E-state index in [2.05, 4.69) is 15.9 Å². The summed E-state index contributed by atoms with van der Waals surface area (Å²) >= 11 is 3.17. The minimum Gasteiger partial charge on any atom is -0.476 e. The van der Waals surface area contributed by atoms with E-state index >= 15 is 0 Å². The Labute approximate surface area is 129 Å². The number of piperidine rings is 1. The number of amides is 1. The fraction of sp³-hybridized carbons (Fsp3) is 0.385. The average Bonchev–Trinajstić information content (AvgIpc) is 2.46. The average molecular weight is 357 g/mol. The van der Waals surface area contributed by atoms with Crippen molar-refractivity contribution in [1.82, 2.24) is 4.90 Å². The Balaban J connectivity index is 2.01. The van der Waals surface area contributed by atoms with Gasteiger partial charge >= 0.3 is 5.69 Å². The summed E-state index contributed by atoms with van der Waals surface area (Å²) in [5.74, 6) is -0.113. The molecule has 1 aliphatic rings. The fourth-order valence-electron chi connectivity index (χ4n) is 2.01. The van der Waals surface area contributed by atoms with Crippen LogP contribution < -0.4 is 4.74 Å². The number of halogens is 1. The molecule has 8 heteroatoms. The van der Waals surface area contributed by atoms with E-state index in [1.54, 1.807) is 6.07 Å². The predicted octanol–water partition coefficient (Wildman–Crippen LogP) is 1.93. The number of ether oxygens (including phenoxy) is 1. The van der Waals surface area contributed by atoms with E-state index in [0.717, 1.165) is 0 Å². The van der Waals surface area contributed by atoms with Gasteiger partial charge in [-0.2, -0.15) is 0 Å². The Hall–Kier alpha value is -1.96. The second kappa shape index (κ2) is 6.66. The van der Waals surface area contributed by atoms with Crippen molar-refractivity contribution in [3.05, 3.63) is 32.8 Å². The van der Waals surface area contributed by atoms with Crippen LogP contribution >= 0.6 is 15.9 Å². The minimum atomic E-state index is -0.565. The highest BCUT2D eigenvalue weighted by atomic mass is 79.9. The maximum absolute atomic E-state index is 12.0. The van der Waals surface area contributed by atoms with Crippen LogP contribution in [0.2, 0.25) is 0 Å². The molecule has 0 saturated carbocycles. The predicted molar refractivity (Wildman–Crippen MR) is 77.1 cm³/mol. The number of para-hydroxylation sites is 1. The highest BCUT2D eigenvalue weighted by Gasteiger charge is 2.23. The van der Waals surface area contributed by atoms with Crippen molar-refractivity contribution in [3.8, 4) is 5.75 Å². The smallest absolute Gasteiger partial charge is 0.312 e. The number of nitro groups is 1. The summed E-state index contributed by atoms with van der Waals surface area (Å²) in [5.41, 5.74) is -0.203. The highest BCUT2D eigenvalue weighted by molar-refractivity contribution is 9.10. The molecule has 1 saturated heterocycles. The van der Waals surface area contributed by atoms with Crippen molar-refractivity contribution in [1.29, 1.82) is 0 Å². The van der Waals surface area contributed by atoms with Gasteiger partial charge in [0.1, 0.15) is 5.78 Å². The van der Waals surface area contributed by atoms with Crippen LogP contribution in [0.15, 0.2) is 22.7 Å². The summed E-state index contributed by atoms with van der Waals surface area (Å²) in [6, 6.07) is 4.43. The molecule has 0 aliphatic carbocycles. The molecular formula is C13H13BrN2O5. The lowest BCUT2D eigenvalue weighted by Gasteiger charge is -2.25. The van der Waals surface area contributed by atoms with Crippen LogP contribution in [0, 0.1) is 10.1 Å². The monoisotopic (exact) mass is 356 g/mol. The number of hydrogen-bond acceptors (Lipinski definition) is 5. The molecule has 0 radical (unpaired) electrons. The van der Waals surface area contributed by atoms with Gasteiger partial charge < -0.3 is 9.64 Å². The third-order valence-electron chi connectivity index (χ3n) is 3.16. The van der Waals surface area contributed by atoms with Crippen molar-refractivity contribution in [2.45, 2.75) is 12.8 Å². The Kier molecular flexibility index (Phi) is 4.89. The number of Topliss-reactive ketones (excluding diaryl/α,β-unsaturated/α-hetero) is 1. The summed E-state index contributed by atoms with van der Waals surface area (Å²) in [4.78, 5) is 35.0. The summed E-state index contributed by atoms with van der Waals surface area (Å²) in [6.07, 6.45) is 0.696. The number of nitrogens with zero attached hydrogens (tertiary/aromatic N) is 2. The molecule has 0 atom stereocenters. The highest BCUT2D eigenvalue weighted by Crippen LogP contribution is 2.34. The molecule has 1 aliphatic heterocycles. The van der Waals surface area contributed by atoms with Crippen LogP contribution in [0.1, 0.15) is 12.8 Å². The zero-order valence-electron chi connectivity index (χ0n) is 11.1. The quantitative estimate of drug-likeness (QED) is 0.607. The molecule has 1 heterocycles. The van der Waals surface area contributed by atoms with Gasteiger partial charge in [-0.25, -0.2) is 0 Å². The van der Waals surface area contributed by atoms with Crippen molar-refractivity contribution < 1.29 is 19.2 Å². The molecule has 1 aromatic carbocycles. The molecule has 2 rings (SSSR count). The van der Waals surface area contributed by atoms with Gasteiger partial charge in [0.05, 0.1) is 9.40 Å². The van der Waals surface area contributed by atoms with Gasteiger partial charge in [0.2, 0.25) is 5.75 Å². The van der Waals surface area contributed by atoms with Crippen LogP contribution in [0.4, 0.5) is 5.69 Å². The summed E-state index contributed by atoms with van der Waals surface area (Å²) < 4.78 is 5.72. The molecule has 0 aromatic heterocycles. The van der Waals surface area contributed by atoms with E-state index in [4.69, 9.17) is 4.74 Å². The van der Waals surface area contributed by atoms with E-state index < -0.39 is 4.92 Å². The maximum Gasteiger partial charge on any atom is 0.312 e. The largest absolute Gasteiger partial charge is 0.476 e. The topological polar surface area (TPSA) is 89.8 Å². The van der Waals surface area contributed by atoms with E-state index in [-0.39, 0.29) is 29.7 Å². The van der Waals surface area contributed by atoms with Gasteiger partial charge in [-0.3, -0.25) is 19.7 Å². The van der Waals surface area contributed by atoms with Gasteiger partial charge in [0.15, 0.2) is 6.61 Å². The molecule has 0 N–H and O–H groups in total. The van der Waals surface area contributed by atoms with Gasteiger partial charge in [-0.05, 0) is 22.0 Å². The third-order valence-corrected chi connectivity index (χ3v) is 3.78. The van der Waals surface area contributed by atoms with Crippen LogP contribution in [0.25, 0.3) is 0 Å². The molecule has 0 bridgehead atoms. The Bertz CT molecular complexity index is 580. The SMILES string of the molecule is O=C1CCN(C(=O)COc2c(Br)cccc2[N+](=O)[O-])CC1. The van der Waals surface area contributed by atoms with E-state index in [1.165, 1.54) is 17.0 Å². The zero-order chi connectivity index (χ0) is 15.4. The summed E-state index contributed by atoms with van der Waals surface area (Å²) in [5, 5.41) is 10.9. The van der Waals surface area contributed by atoms with Gasteiger partial charge in [0, 0.05) is 32.0 Å². The molecule has 112 valence electrons. The lowest BCUT2D eigenvalue weighted by molar-refractivity contribution is -0.385. The van der Waals surface area contributed by atoms with Crippen LogP contribution in [0.3, 0.4) is 0 Å². The first-order chi connectivity index (χ1) is 9.99. The number of likely N-dealkylation sites (tertiary alicyclic amines) is 1. The number of carbonyl (C=O) groups excluding carboxylic acids is 2. The molecule has 21 heavy (non-hydrogen) atoms. The van der Waals surface area contributed by atoms with Crippen molar-refractivity contribution in [2.75, 3.05) is 19.7 Å². The van der Waals surface area contributed by atoms with Gasteiger partial charge in [0.25, 0.3) is 5.91 Å². The van der Waals surface area contributed by atoms with Crippen LogP contribution in [-0.4, -0.2) is 41.2 Å². The number of nitro benzene ring substituents is 1. The molecule has 1 fully saturated rings. The van der Waals surface area contributed by atoms with Crippen molar-refractivity contribution >= 4 is 33.3 Å². The molecule has 0 spiro atoms. The maximum atomic E-state index is 12.0. The molecular weight excluding hydrogens is 344 g/mol. The van der Waals surface area contributed by atoms with E-state index in [0.29, 0.717) is 30.4 Å². The first-order valence-corrected chi connectivity index (χ1v) is 7.13. The first kappa shape index (κ1) is 15.4. The number of benzene rings is 1. The van der Waals surface area contributed by atoms with Crippen LogP contribution in [0.5, 0.6) is 5.75 Å². The Morgan fingerprint density at radius 3 is 2.67 bits per heavy atom. The molecule has 1 aromatic rings. The standard InChI is InChI=1S/C13H13BrN2O5/c14-10-2-1-3-11(16(19)20)13(10)21-8-12(18)15-6-4-9(17)5-7-15/h1-3H,4-8H2. The Morgan fingerprint density at radius 1 is 1.38 bits per heavy atom. The molecule has 0 unspecified atom stereocenters. The lowest BCUT2D eigenvalue weighted by atomic mass is 10.1. The van der Waals surface area contributed by atoms with E-state index in [9.17, 15) is 19.7 Å². The second-order valence-electron chi connectivity index (χ2n) is 4.55. The summed E-state index contributed by atoms with van der Waals surface area (Å²) in [7, 11) is 0. The number of rotatable bonds is 4. The zero-order valence-corrected chi connectivity index (χ0v) is 12.7. The third kappa shape index (κ3) is 3.78. The fourth-order valence-corrected chi connectivity index (χ4v) is 2.49. The molecule has 1 amide bonds. The minimum absolute atomic E-state index is 0.0314. The van der Waals surface area contributed by atoms with Crippen molar-refractivity contribution in [3.63, 3.8) is 0 Å². The van der Waals surface area contributed by atoms with Crippen molar-refractivity contribution in [2.24, 2.45) is 0 Å². The normalized spacial score (nSPS) is 14.9. The Morgan fingerprint density at radius 2 is 2.05 bits per heavy atom. The first-order valence-electron chi connectivity index (χ1n) is 6.34. The molecule has 7 nitrogen and oxygen atoms in total. The van der Waals surface area contributed by atoms with Gasteiger partial charge in [-0.15, -0.1) is 0 Å². The number of hydrogen-bond donors (Lipinski definition) is 0.